The third kappa shape index (κ3) is 4.49. The number of rotatable bonds is 8. The molecule has 0 saturated heterocycles. The monoisotopic (exact) mass is 253 g/mol. The van der Waals surface area contributed by atoms with Crippen molar-refractivity contribution in [3.05, 3.63) is 11.4 Å². The third-order valence-corrected chi connectivity index (χ3v) is 2.60. The molecule has 5 nitrogen and oxygen atoms in total. The molecule has 0 aliphatic heterocycles. The van der Waals surface area contributed by atoms with Crippen LogP contribution in [0.5, 0.6) is 5.88 Å². The van der Waals surface area contributed by atoms with E-state index in [0.717, 1.165) is 37.2 Å². The number of nitrogens with one attached hydrogen (secondary N) is 1. The molecular weight excluding hydrogens is 230 g/mol. The van der Waals surface area contributed by atoms with Crippen LogP contribution in [0.15, 0.2) is 0 Å². The van der Waals surface area contributed by atoms with Crippen molar-refractivity contribution in [3.63, 3.8) is 0 Å². The maximum absolute atomic E-state index is 8.69. The minimum Gasteiger partial charge on any atom is -0.477 e. The number of unbranched alkanes of at least 4 members (excludes halogenated alkanes) is 2. The molecule has 2 N–H and O–H groups in total. The number of hydrogen-bond acceptors (Lipinski definition) is 5. The lowest BCUT2D eigenvalue weighted by molar-refractivity contribution is 0.261. The van der Waals surface area contributed by atoms with Crippen LogP contribution in [0.3, 0.4) is 0 Å². The first-order valence-electron chi connectivity index (χ1n) is 6.51. The van der Waals surface area contributed by atoms with Gasteiger partial charge >= 0.3 is 0 Å². The van der Waals surface area contributed by atoms with Crippen molar-refractivity contribution in [2.45, 2.75) is 40.0 Å². The summed E-state index contributed by atoms with van der Waals surface area (Å²) >= 11 is 0. The zero-order valence-corrected chi connectivity index (χ0v) is 11.5. The van der Waals surface area contributed by atoms with E-state index in [1.807, 2.05) is 20.8 Å². The van der Waals surface area contributed by atoms with Gasteiger partial charge in [0.15, 0.2) is 0 Å². The number of anilines is 1. The highest BCUT2D eigenvalue weighted by Crippen LogP contribution is 2.21. The van der Waals surface area contributed by atoms with Crippen molar-refractivity contribution in [3.8, 4) is 5.88 Å². The van der Waals surface area contributed by atoms with Gasteiger partial charge in [-0.3, -0.25) is 0 Å². The van der Waals surface area contributed by atoms with Crippen LogP contribution >= 0.6 is 0 Å². The minimum atomic E-state index is 0.246. The van der Waals surface area contributed by atoms with Crippen LogP contribution in [-0.2, 0) is 0 Å². The number of aliphatic hydroxyl groups is 1. The zero-order chi connectivity index (χ0) is 13.4. The highest BCUT2D eigenvalue weighted by atomic mass is 16.5. The van der Waals surface area contributed by atoms with E-state index in [1.54, 1.807) is 0 Å². The molecule has 0 fully saturated rings. The quantitative estimate of drug-likeness (QED) is 0.694. The van der Waals surface area contributed by atoms with E-state index in [1.165, 1.54) is 0 Å². The molecule has 0 aliphatic carbocycles. The van der Waals surface area contributed by atoms with Crippen LogP contribution in [0.25, 0.3) is 0 Å². The Morgan fingerprint density at radius 1 is 1.17 bits per heavy atom. The van der Waals surface area contributed by atoms with E-state index in [4.69, 9.17) is 9.84 Å². The highest BCUT2D eigenvalue weighted by Gasteiger charge is 2.09. The number of aryl methyl sites for hydroxylation is 1. The fourth-order valence-corrected chi connectivity index (χ4v) is 1.64. The molecule has 1 heterocycles. The van der Waals surface area contributed by atoms with Gasteiger partial charge in [0.25, 0.3) is 0 Å². The van der Waals surface area contributed by atoms with Crippen LogP contribution in [0.4, 0.5) is 5.82 Å². The largest absolute Gasteiger partial charge is 0.477 e. The molecule has 0 unspecified atom stereocenters. The number of hydrogen-bond donors (Lipinski definition) is 2. The first-order valence-corrected chi connectivity index (χ1v) is 6.51. The SMILES string of the molecule is CCNc1nc(C)nc(OCCCCCO)c1C. The van der Waals surface area contributed by atoms with Gasteiger partial charge in [-0.2, -0.15) is 4.98 Å². The Bertz CT molecular complexity index is 369. The van der Waals surface area contributed by atoms with Crippen molar-refractivity contribution in [2.24, 2.45) is 0 Å². The summed E-state index contributed by atoms with van der Waals surface area (Å²) in [5, 5.41) is 11.9. The lowest BCUT2D eigenvalue weighted by Crippen LogP contribution is -2.08. The summed E-state index contributed by atoms with van der Waals surface area (Å²) in [5.41, 5.74) is 0.949. The lowest BCUT2D eigenvalue weighted by atomic mass is 10.2. The lowest BCUT2D eigenvalue weighted by Gasteiger charge is -2.12. The Labute approximate surface area is 109 Å². The molecule has 18 heavy (non-hydrogen) atoms. The van der Waals surface area contributed by atoms with Crippen LogP contribution in [0, 0.1) is 13.8 Å². The average molecular weight is 253 g/mol. The standard InChI is InChI=1S/C13H23N3O2/c1-4-14-12-10(2)13(16-11(3)15-12)18-9-7-5-6-8-17/h17H,4-9H2,1-3H3,(H,14,15,16). The number of aliphatic hydroxyl groups excluding tert-OH is 1. The molecule has 1 aromatic heterocycles. The number of nitrogens with zero attached hydrogens (tertiary/aromatic N) is 2. The Morgan fingerprint density at radius 3 is 2.61 bits per heavy atom. The second kappa shape index (κ2) is 7.87. The molecule has 1 aromatic rings. The van der Waals surface area contributed by atoms with Crippen LogP contribution in [-0.4, -0.2) is 34.8 Å². The summed E-state index contributed by atoms with van der Waals surface area (Å²) < 4.78 is 5.68. The Balaban J connectivity index is 2.58. The van der Waals surface area contributed by atoms with Gasteiger partial charge in [-0.05, 0) is 40.0 Å². The molecule has 0 atom stereocenters. The molecule has 0 spiro atoms. The molecule has 102 valence electrons. The molecular formula is C13H23N3O2. The summed E-state index contributed by atoms with van der Waals surface area (Å²) in [6, 6.07) is 0. The van der Waals surface area contributed by atoms with E-state index in [-0.39, 0.29) is 6.61 Å². The third-order valence-electron chi connectivity index (χ3n) is 2.60. The van der Waals surface area contributed by atoms with Crippen LogP contribution in [0.2, 0.25) is 0 Å². The van der Waals surface area contributed by atoms with Crippen molar-refractivity contribution in [1.29, 1.82) is 0 Å². The smallest absolute Gasteiger partial charge is 0.221 e. The molecule has 0 saturated carbocycles. The number of aromatic nitrogens is 2. The Hall–Kier alpha value is -1.36. The Kier molecular flexibility index (Phi) is 6.43. The van der Waals surface area contributed by atoms with Gasteiger partial charge in [-0.1, -0.05) is 0 Å². The van der Waals surface area contributed by atoms with Gasteiger partial charge in [0, 0.05) is 13.2 Å². The molecule has 0 amide bonds. The van der Waals surface area contributed by atoms with Crippen molar-refractivity contribution in [2.75, 3.05) is 25.1 Å². The maximum atomic E-state index is 8.69. The first-order chi connectivity index (χ1) is 8.69. The van der Waals surface area contributed by atoms with Gasteiger partial charge in [0.05, 0.1) is 12.2 Å². The van der Waals surface area contributed by atoms with Crippen LogP contribution < -0.4 is 10.1 Å². The molecule has 0 aromatic carbocycles. The summed E-state index contributed by atoms with van der Waals surface area (Å²) in [6.45, 7) is 7.55. The fraction of sp³-hybridized carbons (Fsp3) is 0.692. The molecule has 0 aliphatic rings. The van der Waals surface area contributed by atoms with E-state index >= 15 is 0 Å². The van der Waals surface area contributed by atoms with E-state index in [2.05, 4.69) is 15.3 Å². The second-order valence-corrected chi connectivity index (χ2v) is 4.21. The highest BCUT2D eigenvalue weighted by molar-refractivity contribution is 5.48. The van der Waals surface area contributed by atoms with Crippen LogP contribution in [0.1, 0.15) is 37.6 Å². The normalized spacial score (nSPS) is 10.4. The van der Waals surface area contributed by atoms with E-state index in [9.17, 15) is 0 Å². The average Bonchev–Trinajstić information content (AvgIpc) is 2.34. The second-order valence-electron chi connectivity index (χ2n) is 4.21. The van der Waals surface area contributed by atoms with Crippen molar-refractivity contribution < 1.29 is 9.84 Å². The summed E-state index contributed by atoms with van der Waals surface area (Å²) in [5.74, 6) is 2.21. The molecule has 5 heteroatoms. The van der Waals surface area contributed by atoms with E-state index in [0.29, 0.717) is 18.3 Å². The van der Waals surface area contributed by atoms with Gasteiger partial charge in [0.2, 0.25) is 5.88 Å². The zero-order valence-electron chi connectivity index (χ0n) is 11.5. The molecule has 1 rings (SSSR count). The predicted molar refractivity (Wildman–Crippen MR) is 72.1 cm³/mol. The maximum Gasteiger partial charge on any atom is 0.221 e. The van der Waals surface area contributed by atoms with Crippen molar-refractivity contribution >= 4 is 5.82 Å². The Morgan fingerprint density at radius 2 is 1.94 bits per heavy atom. The first kappa shape index (κ1) is 14.7. The number of ether oxygens (including phenoxy) is 1. The van der Waals surface area contributed by atoms with Gasteiger partial charge in [-0.25, -0.2) is 4.98 Å². The molecule has 0 bridgehead atoms. The van der Waals surface area contributed by atoms with Gasteiger partial charge in [0.1, 0.15) is 11.6 Å². The fourth-order valence-electron chi connectivity index (χ4n) is 1.64. The topological polar surface area (TPSA) is 67.3 Å². The van der Waals surface area contributed by atoms with Gasteiger partial charge in [-0.15, -0.1) is 0 Å². The summed E-state index contributed by atoms with van der Waals surface area (Å²) in [4.78, 5) is 8.66. The molecule has 0 radical (unpaired) electrons. The summed E-state index contributed by atoms with van der Waals surface area (Å²) in [6.07, 6.45) is 2.73. The minimum absolute atomic E-state index is 0.246. The van der Waals surface area contributed by atoms with Crippen molar-refractivity contribution in [1.82, 2.24) is 9.97 Å². The van der Waals surface area contributed by atoms with Gasteiger partial charge < -0.3 is 15.2 Å². The predicted octanol–water partition coefficient (Wildman–Crippen LogP) is 2.07. The van der Waals surface area contributed by atoms with E-state index < -0.39 is 0 Å². The summed E-state index contributed by atoms with van der Waals surface area (Å²) in [7, 11) is 0.